The lowest BCUT2D eigenvalue weighted by atomic mass is 9.90. The number of hydrogen-bond acceptors (Lipinski definition) is 2. The molecular formula is C19H18O2. The van der Waals surface area contributed by atoms with Crippen LogP contribution in [0.25, 0.3) is 11.1 Å². The number of phenolic OH excluding ortho intramolecular Hbond substituents is 2. The molecule has 21 heavy (non-hydrogen) atoms. The summed E-state index contributed by atoms with van der Waals surface area (Å²) >= 11 is 0. The van der Waals surface area contributed by atoms with E-state index in [0.29, 0.717) is 11.5 Å². The van der Waals surface area contributed by atoms with Crippen LogP contribution in [0, 0.1) is 6.92 Å². The van der Waals surface area contributed by atoms with Gasteiger partial charge in [0.1, 0.15) is 11.5 Å². The van der Waals surface area contributed by atoms with Crippen LogP contribution in [0.2, 0.25) is 0 Å². The van der Waals surface area contributed by atoms with Crippen molar-refractivity contribution >= 4 is 11.1 Å². The number of phenols is 2. The fourth-order valence-electron chi connectivity index (χ4n) is 2.64. The Hall–Kier alpha value is -2.48. The average Bonchev–Trinajstić information content (AvgIpc) is 2.51. The van der Waals surface area contributed by atoms with Crippen molar-refractivity contribution in [1.82, 2.24) is 0 Å². The lowest BCUT2D eigenvalue weighted by Crippen LogP contribution is -1.93. The molecular weight excluding hydrogens is 260 g/mol. The van der Waals surface area contributed by atoms with E-state index in [0.717, 1.165) is 24.0 Å². The van der Waals surface area contributed by atoms with Gasteiger partial charge in [0.15, 0.2) is 0 Å². The third kappa shape index (κ3) is 2.84. The molecule has 2 nitrogen and oxygen atoms in total. The van der Waals surface area contributed by atoms with Crippen LogP contribution in [0.15, 0.2) is 54.6 Å². The van der Waals surface area contributed by atoms with Crippen LogP contribution in [0.4, 0.5) is 0 Å². The van der Waals surface area contributed by atoms with Crippen LogP contribution in [-0.2, 0) is 0 Å². The normalized spacial score (nSPS) is 14.5. The Kier molecular flexibility index (Phi) is 3.53. The monoisotopic (exact) mass is 278 g/mol. The molecule has 0 radical (unpaired) electrons. The van der Waals surface area contributed by atoms with Gasteiger partial charge in [0, 0.05) is 0 Å². The minimum atomic E-state index is 0.297. The van der Waals surface area contributed by atoms with Gasteiger partial charge in [0.05, 0.1) is 0 Å². The fourth-order valence-corrected chi connectivity index (χ4v) is 2.64. The Balaban J connectivity index is 1.79. The molecule has 0 atom stereocenters. The van der Waals surface area contributed by atoms with E-state index in [4.69, 9.17) is 0 Å². The van der Waals surface area contributed by atoms with E-state index in [9.17, 15) is 10.2 Å². The van der Waals surface area contributed by atoms with Crippen LogP contribution < -0.4 is 0 Å². The van der Waals surface area contributed by atoms with Crippen LogP contribution in [0.5, 0.6) is 11.5 Å². The van der Waals surface area contributed by atoms with Crippen molar-refractivity contribution in [3.8, 4) is 11.5 Å². The van der Waals surface area contributed by atoms with Gasteiger partial charge in [-0.2, -0.15) is 0 Å². The summed E-state index contributed by atoms with van der Waals surface area (Å²) in [6.07, 6.45) is 6.26. The van der Waals surface area contributed by atoms with Gasteiger partial charge in [0.2, 0.25) is 0 Å². The molecule has 0 saturated carbocycles. The highest BCUT2D eigenvalue weighted by atomic mass is 16.3. The summed E-state index contributed by atoms with van der Waals surface area (Å²) in [5.41, 5.74) is 5.81. The summed E-state index contributed by atoms with van der Waals surface area (Å²) in [5.74, 6) is 0.640. The van der Waals surface area contributed by atoms with Gasteiger partial charge in [-0.3, -0.25) is 0 Å². The topological polar surface area (TPSA) is 40.5 Å². The highest BCUT2D eigenvalue weighted by Crippen LogP contribution is 2.32. The minimum absolute atomic E-state index is 0.297. The van der Waals surface area contributed by atoms with Crippen LogP contribution in [0.3, 0.4) is 0 Å². The molecule has 106 valence electrons. The van der Waals surface area contributed by atoms with Crippen molar-refractivity contribution in [3.63, 3.8) is 0 Å². The molecule has 0 fully saturated rings. The van der Waals surface area contributed by atoms with Crippen molar-refractivity contribution in [3.05, 3.63) is 71.3 Å². The lowest BCUT2D eigenvalue weighted by Gasteiger charge is -2.15. The van der Waals surface area contributed by atoms with Crippen molar-refractivity contribution in [2.45, 2.75) is 19.8 Å². The Morgan fingerprint density at radius 2 is 1.33 bits per heavy atom. The molecule has 0 saturated heterocycles. The summed E-state index contributed by atoms with van der Waals surface area (Å²) in [5, 5.41) is 18.9. The second kappa shape index (κ2) is 5.49. The first-order chi connectivity index (χ1) is 10.1. The average molecular weight is 278 g/mol. The van der Waals surface area contributed by atoms with Crippen molar-refractivity contribution in [1.29, 1.82) is 0 Å². The highest BCUT2D eigenvalue weighted by molar-refractivity contribution is 5.78. The Labute approximate surface area is 124 Å². The van der Waals surface area contributed by atoms with Crippen molar-refractivity contribution in [2.24, 2.45) is 0 Å². The Morgan fingerprint density at radius 1 is 0.762 bits per heavy atom. The van der Waals surface area contributed by atoms with Crippen LogP contribution in [0.1, 0.15) is 29.5 Å². The van der Waals surface area contributed by atoms with Gasteiger partial charge >= 0.3 is 0 Å². The summed E-state index contributed by atoms with van der Waals surface area (Å²) in [7, 11) is 0. The molecule has 0 heterocycles. The second-order valence-corrected chi connectivity index (χ2v) is 5.42. The standard InChI is InChI=1S/C19H18O2/c1-13-12-17(8-11-19(13)21)16-4-2-14(3-5-16)15-6-9-18(20)10-7-15/h2,5-12,20-21H,3-4H2,1H3. The van der Waals surface area contributed by atoms with E-state index in [-0.39, 0.29) is 0 Å². The van der Waals surface area contributed by atoms with Gasteiger partial charge in [-0.1, -0.05) is 30.4 Å². The summed E-state index contributed by atoms with van der Waals surface area (Å²) < 4.78 is 0. The van der Waals surface area contributed by atoms with E-state index < -0.39 is 0 Å². The number of hydrogen-bond donors (Lipinski definition) is 2. The maximum atomic E-state index is 9.60. The van der Waals surface area contributed by atoms with Gasteiger partial charge < -0.3 is 10.2 Å². The zero-order valence-electron chi connectivity index (χ0n) is 12.0. The molecule has 0 aliphatic heterocycles. The van der Waals surface area contributed by atoms with Gasteiger partial charge in [-0.15, -0.1) is 0 Å². The predicted molar refractivity (Wildman–Crippen MR) is 86.1 cm³/mol. The maximum Gasteiger partial charge on any atom is 0.118 e. The Morgan fingerprint density at radius 3 is 1.90 bits per heavy atom. The van der Waals surface area contributed by atoms with E-state index in [1.807, 2.05) is 31.2 Å². The zero-order chi connectivity index (χ0) is 14.8. The molecule has 2 N–H and O–H groups in total. The summed E-state index contributed by atoms with van der Waals surface area (Å²) in [4.78, 5) is 0. The highest BCUT2D eigenvalue weighted by Gasteiger charge is 2.10. The molecule has 0 bridgehead atoms. The van der Waals surface area contributed by atoms with Crippen molar-refractivity contribution in [2.75, 3.05) is 0 Å². The molecule has 0 amide bonds. The molecule has 0 unspecified atom stereocenters. The fraction of sp³-hybridized carbons (Fsp3) is 0.158. The Bertz CT molecular complexity index is 722. The molecule has 2 heteroatoms. The quantitative estimate of drug-likeness (QED) is 0.838. The number of benzene rings is 2. The van der Waals surface area contributed by atoms with E-state index in [1.54, 1.807) is 18.2 Å². The first-order valence-corrected chi connectivity index (χ1v) is 7.11. The molecule has 1 aliphatic rings. The summed E-state index contributed by atoms with van der Waals surface area (Å²) in [6.45, 7) is 1.92. The first-order valence-electron chi connectivity index (χ1n) is 7.11. The third-order valence-corrected chi connectivity index (χ3v) is 3.94. The number of aryl methyl sites for hydroxylation is 1. The molecule has 3 rings (SSSR count). The molecule has 0 spiro atoms. The van der Waals surface area contributed by atoms with Crippen LogP contribution in [-0.4, -0.2) is 10.2 Å². The maximum absolute atomic E-state index is 9.60. The minimum Gasteiger partial charge on any atom is -0.508 e. The lowest BCUT2D eigenvalue weighted by molar-refractivity contribution is 0.471. The first kappa shape index (κ1) is 13.5. The van der Waals surface area contributed by atoms with E-state index in [2.05, 4.69) is 12.2 Å². The van der Waals surface area contributed by atoms with Crippen LogP contribution >= 0.6 is 0 Å². The number of allylic oxidation sites excluding steroid dienone is 4. The van der Waals surface area contributed by atoms with E-state index in [1.165, 1.54) is 16.7 Å². The SMILES string of the molecule is Cc1cc(C2=CCC(c3ccc(O)cc3)=CC2)ccc1O. The van der Waals surface area contributed by atoms with Gasteiger partial charge in [-0.25, -0.2) is 0 Å². The molecule has 0 aromatic heterocycles. The van der Waals surface area contributed by atoms with E-state index >= 15 is 0 Å². The molecule has 2 aromatic carbocycles. The summed E-state index contributed by atoms with van der Waals surface area (Å²) in [6, 6.07) is 13.1. The smallest absolute Gasteiger partial charge is 0.118 e. The van der Waals surface area contributed by atoms with Crippen molar-refractivity contribution < 1.29 is 10.2 Å². The molecule has 2 aromatic rings. The largest absolute Gasteiger partial charge is 0.508 e. The zero-order valence-corrected chi connectivity index (χ0v) is 12.0. The van der Waals surface area contributed by atoms with Gasteiger partial charge in [0.25, 0.3) is 0 Å². The second-order valence-electron chi connectivity index (χ2n) is 5.42. The van der Waals surface area contributed by atoms with Gasteiger partial charge in [-0.05, 0) is 71.9 Å². The third-order valence-electron chi connectivity index (χ3n) is 3.94. The number of aromatic hydroxyl groups is 2. The number of rotatable bonds is 2. The predicted octanol–water partition coefficient (Wildman–Crippen LogP) is 4.67. The molecule has 1 aliphatic carbocycles.